The second-order valence-corrected chi connectivity index (χ2v) is 6.95. The summed E-state index contributed by atoms with van der Waals surface area (Å²) in [5.74, 6) is 0. The third kappa shape index (κ3) is 5.84. The summed E-state index contributed by atoms with van der Waals surface area (Å²) in [4.78, 5) is 14.3. The largest absolute Gasteiger partial charge is 0.417 e. The maximum Gasteiger partial charge on any atom is 0.417 e. The van der Waals surface area contributed by atoms with Gasteiger partial charge in [-0.25, -0.2) is 0 Å². The Balaban J connectivity index is 1.51. The second-order valence-electron chi connectivity index (χ2n) is 6.95. The molecule has 5 nitrogen and oxygen atoms in total. The fourth-order valence-corrected chi connectivity index (χ4v) is 3.22. The van der Waals surface area contributed by atoms with Crippen molar-refractivity contribution in [2.45, 2.75) is 19.1 Å². The van der Waals surface area contributed by atoms with Crippen molar-refractivity contribution in [1.82, 2.24) is 14.8 Å². The molecule has 0 radical (unpaired) electrons. The Labute approximate surface area is 162 Å². The number of anilines is 1. The SMILES string of the molecule is O=c1ccc(C(F)(F)F)cn1Cc1ccc(NCCCN2CCNCC2)cc1. The van der Waals surface area contributed by atoms with Gasteiger partial charge >= 0.3 is 6.18 Å². The van der Waals surface area contributed by atoms with Crippen LogP contribution >= 0.6 is 0 Å². The van der Waals surface area contributed by atoms with Crippen LogP contribution in [0.4, 0.5) is 18.9 Å². The van der Waals surface area contributed by atoms with Crippen molar-refractivity contribution < 1.29 is 13.2 Å². The number of nitrogens with zero attached hydrogens (tertiary/aromatic N) is 2. The first-order chi connectivity index (χ1) is 13.4. The van der Waals surface area contributed by atoms with Gasteiger partial charge in [0.1, 0.15) is 0 Å². The van der Waals surface area contributed by atoms with Crippen molar-refractivity contribution >= 4 is 5.69 Å². The van der Waals surface area contributed by atoms with Crippen molar-refractivity contribution in [3.8, 4) is 0 Å². The molecule has 28 heavy (non-hydrogen) atoms. The van der Waals surface area contributed by atoms with E-state index in [4.69, 9.17) is 0 Å². The Hall–Kier alpha value is -2.32. The van der Waals surface area contributed by atoms with Crippen LogP contribution in [0, 0.1) is 0 Å². The number of nitrogens with one attached hydrogen (secondary N) is 2. The lowest BCUT2D eigenvalue weighted by atomic mass is 10.2. The van der Waals surface area contributed by atoms with Crippen LogP contribution in [0.2, 0.25) is 0 Å². The fraction of sp³-hybridized carbons (Fsp3) is 0.450. The topological polar surface area (TPSA) is 49.3 Å². The van der Waals surface area contributed by atoms with Crippen LogP contribution in [0.5, 0.6) is 0 Å². The number of pyridine rings is 1. The molecule has 2 N–H and O–H groups in total. The summed E-state index contributed by atoms with van der Waals surface area (Å²) in [5.41, 5.74) is 0.450. The highest BCUT2D eigenvalue weighted by Gasteiger charge is 2.31. The molecule has 2 aromatic rings. The number of benzene rings is 1. The Morgan fingerprint density at radius 3 is 2.43 bits per heavy atom. The second kappa shape index (κ2) is 9.25. The van der Waals surface area contributed by atoms with Crippen LogP contribution in [0.1, 0.15) is 17.5 Å². The molecule has 0 unspecified atom stereocenters. The number of alkyl halides is 3. The van der Waals surface area contributed by atoms with E-state index in [-0.39, 0.29) is 6.54 Å². The number of rotatable bonds is 7. The van der Waals surface area contributed by atoms with Gasteiger partial charge in [0.05, 0.1) is 12.1 Å². The summed E-state index contributed by atoms with van der Waals surface area (Å²) in [7, 11) is 0. The molecule has 3 rings (SSSR count). The minimum absolute atomic E-state index is 0.103. The van der Waals surface area contributed by atoms with E-state index in [0.29, 0.717) is 0 Å². The molecule has 0 aliphatic carbocycles. The highest BCUT2D eigenvalue weighted by Crippen LogP contribution is 2.28. The van der Waals surface area contributed by atoms with Gasteiger partial charge in [-0.2, -0.15) is 13.2 Å². The number of hydrogen-bond donors (Lipinski definition) is 2. The molecule has 8 heteroatoms. The molecule has 0 atom stereocenters. The van der Waals surface area contributed by atoms with E-state index in [1.165, 1.54) is 0 Å². The highest BCUT2D eigenvalue weighted by atomic mass is 19.4. The summed E-state index contributed by atoms with van der Waals surface area (Å²) in [6.45, 7) is 6.29. The third-order valence-corrected chi connectivity index (χ3v) is 4.81. The van der Waals surface area contributed by atoms with E-state index >= 15 is 0 Å². The molecule has 0 amide bonds. The number of aromatic nitrogens is 1. The van der Waals surface area contributed by atoms with Crippen molar-refractivity contribution in [3.63, 3.8) is 0 Å². The molecule has 2 heterocycles. The average Bonchev–Trinajstić information content (AvgIpc) is 2.68. The van der Waals surface area contributed by atoms with Crippen LogP contribution in [0.15, 0.2) is 47.4 Å². The van der Waals surface area contributed by atoms with Crippen LogP contribution in [-0.4, -0.2) is 48.7 Å². The summed E-state index contributed by atoms with van der Waals surface area (Å²) in [6, 6.07) is 9.19. The van der Waals surface area contributed by atoms with Gasteiger partial charge in [0.25, 0.3) is 5.56 Å². The first-order valence-electron chi connectivity index (χ1n) is 9.45. The predicted molar refractivity (Wildman–Crippen MR) is 104 cm³/mol. The van der Waals surface area contributed by atoms with Gasteiger partial charge in [-0.05, 0) is 36.7 Å². The number of halogens is 3. The third-order valence-electron chi connectivity index (χ3n) is 4.81. The molecule has 152 valence electrons. The molecule has 1 aromatic carbocycles. The lowest BCUT2D eigenvalue weighted by molar-refractivity contribution is -0.138. The molecule has 1 aliphatic heterocycles. The minimum Gasteiger partial charge on any atom is -0.385 e. The van der Waals surface area contributed by atoms with E-state index in [9.17, 15) is 18.0 Å². The van der Waals surface area contributed by atoms with Gasteiger partial charge in [-0.3, -0.25) is 4.79 Å². The van der Waals surface area contributed by atoms with Gasteiger partial charge in [-0.1, -0.05) is 12.1 Å². The maximum atomic E-state index is 12.8. The number of piperazine rings is 1. The van der Waals surface area contributed by atoms with Crippen molar-refractivity contribution in [1.29, 1.82) is 0 Å². The zero-order chi connectivity index (χ0) is 20.0. The van der Waals surface area contributed by atoms with E-state index in [1.807, 2.05) is 24.3 Å². The molecule has 0 spiro atoms. The van der Waals surface area contributed by atoms with Gasteiger partial charge in [0.15, 0.2) is 0 Å². The Morgan fingerprint density at radius 2 is 1.75 bits per heavy atom. The number of hydrogen-bond acceptors (Lipinski definition) is 4. The summed E-state index contributed by atoms with van der Waals surface area (Å²) in [6.07, 6.45) is -2.56. The Bertz CT molecular complexity index is 811. The van der Waals surface area contributed by atoms with Crippen LogP contribution in [-0.2, 0) is 12.7 Å². The molecule has 1 aromatic heterocycles. The van der Waals surface area contributed by atoms with Crippen molar-refractivity contribution in [2.75, 3.05) is 44.6 Å². The van der Waals surface area contributed by atoms with Crippen LogP contribution < -0.4 is 16.2 Å². The van der Waals surface area contributed by atoms with E-state index in [1.54, 1.807) is 0 Å². The zero-order valence-electron chi connectivity index (χ0n) is 15.6. The van der Waals surface area contributed by atoms with E-state index in [0.717, 1.165) is 79.8 Å². The Morgan fingerprint density at radius 1 is 1.04 bits per heavy atom. The lowest BCUT2D eigenvalue weighted by Gasteiger charge is -2.27. The molecule has 1 fully saturated rings. The van der Waals surface area contributed by atoms with Gasteiger partial charge in [-0.15, -0.1) is 0 Å². The summed E-state index contributed by atoms with van der Waals surface area (Å²) in [5, 5.41) is 6.69. The zero-order valence-corrected chi connectivity index (χ0v) is 15.6. The molecular formula is C20H25F3N4O. The smallest absolute Gasteiger partial charge is 0.385 e. The molecule has 0 saturated carbocycles. The Kier molecular flexibility index (Phi) is 6.74. The predicted octanol–water partition coefficient (Wildman–Crippen LogP) is 2.62. The average molecular weight is 394 g/mol. The van der Waals surface area contributed by atoms with Crippen LogP contribution in [0.25, 0.3) is 0 Å². The first kappa shape index (κ1) is 20.4. The minimum atomic E-state index is -4.46. The molecule has 0 bridgehead atoms. The summed E-state index contributed by atoms with van der Waals surface area (Å²) >= 11 is 0. The van der Waals surface area contributed by atoms with Gasteiger partial charge in [0, 0.05) is 50.7 Å². The van der Waals surface area contributed by atoms with Crippen molar-refractivity contribution in [2.24, 2.45) is 0 Å². The van der Waals surface area contributed by atoms with Crippen LogP contribution in [0.3, 0.4) is 0 Å². The van der Waals surface area contributed by atoms with Crippen molar-refractivity contribution in [3.05, 3.63) is 64.1 Å². The lowest BCUT2D eigenvalue weighted by Crippen LogP contribution is -2.44. The van der Waals surface area contributed by atoms with E-state index in [2.05, 4.69) is 15.5 Å². The molecule has 1 aliphatic rings. The molecule has 1 saturated heterocycles. The first-order valence-corrected chi connectivity index (χ1v) is 9.45. The standard InChI is InChI=1S/C20H25F3N4O/c21-20(22,23)17-4-7-19(28)27(15-17)14-16-2-5-18(6-3-16)25-8-1-11-26-12-9-24-10-13-26/h2-7,15,24-25H,1,8-14H2. The van der Waals surface area contributed by atoms with Gasteiger partial charge < -0.3 is 20.1 Å². The maximum absolute atomic E-state index is 12.8. The van der Waals surface area contributed by atoms with Gasteiger partial charge in [0.2, 0.25) is 0 Å². The van der Waals surface area contributed by atoms with E-state index < -0.39 is 17.3 Å². The normalized spacial score (nSPS) is 15.5. The monoisotopic (exact) mass is 394 g/mol. The quantitative estimate of drug-likeness (QED) is 0.709. The molecular weight excluding hydrogens is 369 g/mol. The highest BCUT2D eigenvalue weighted by molar-refractivity contribution is 5.44. The summed E-state index contributed by atoms with van der Waals surface area (Å²) < 4.78 is 39.6. The fourth-order valence-electron chi connectivity index (χ4n) is 3.22.